The molecule has 1 saturated heterocycles. The van der Waals surface area contributed by atoms with E-state index in [-0.39, 0.29) is 6.10 Å². The lowest BCUT2D eigenvalue weighted by Gasteiger charge is -2.32. The van der Waals surface area contributed by atoms with Gasteiger partial charge in [-0.15, -0.1) is 11.3 Å². The summed E-state index contributed by atoms with van der Waals surface area (Å²) in [7, 11) is 0. The number of morpholine rings is 1. The number of hydrogen-bond acceptors (Lipinski definition) is 9. The summed E-state index contributed by atoms with van der Waals surface area (Å²) in [5, 5.41) is 7.24. The molecule has 126 valence electrons. The zero-order valence-corrected chi connectivity index (χ0v) is 15.0. The maximum absolute atomic E-state index is 5.87. The van der Waals surface area contributed by atoms with Gasteiger partial charge in [0.05, 0.1) is 13.2 Å². The maximum Gasteiger partial charge on any atom is 0.181 e. The van der Waals surface area contributed by atoms with E-state index >= 15 is 0 Å². The molecule has 24 heavy (non-hydrogen) atoms. The molecule has 3 aromatic heterocycles. The molecule has 1 fully saturated rings. The minimum absolute atomic E-state index is 0.159. The fourth-order valence-electron chi connectivity index (χ4n) is 2.65. The summed E-state index contributed by atoms with van der Waals surface area (Å²) in [4.78, 5) is 20.0. The van der Waals surface area contributed by atoms with Gasteiger partial charge in [0.15, 0.2) is 21.6 Å². The number of hydrogen-bond donors (Lipinski definition) is 1. The molecule has 10 heteroatoms. The summed E-state index contributed by atoms with van der Waals surface area (Å²) in [5.74, 6) is 2.50. The molecule has 0 spiro atoms. The predicted octanol–water partition coefficient (Wildman–Crippen LogP) is 2.07. The number of ether oxygens (including phenoxy) is 1. The quantitative estimate of drug-likeness (QED) is 0.704. The van der Waals surface area contributed by atoms with E-state index in [4.69, 9.17) is 4.74 Å². The molecule has 0 radical (unpaired) electrons. The monoisotopic (exact) mass is 363 g/mol. The number of H-pyrrole nitrogens is 1. The number of rotatable bonds is 4. The summed E-state index contributed by atoms with van der Waals surface area (Å²) < 4.78 is 7.88. The van der Waals surface area contributed by atoms with Crippen LogP contribution in [0.4, 0.5) is 5.82 Å². The molecule has 1 atom stereocenters. The van der Waals surface area contributed by atoms with Crippen molar-refractivity contribution in [1.29, 1.82) is 0 Å². The molecule has 0 amide bonds. The van der Waals surface area contributed by atoms with E-state index in [1.54, 1.807) is 29.4 Å². The second-order valence-corrected chi connectivity index (χ2v) is 7.39. The number of nitrogens with zero attached hydrogens (tertiary/aromatic N) is 6. The van der Waals surface area contributed by atoms with Gasteiger partial charge in [-0.1, -0.05) is 18.7 Å². The first-order valence-electron chi connectivity index (χ1n) is 7.71. The molecule has 0 aliphatic carbocycles. The van der Waals surface area contributed by atoms with Crippen LogP contribution in [0.25, 0.3) is 10.3 Å². The predicted molar refractivity (Wildman–Crippen MR) is 93.7 cm³/mol. The van der Waals surface area contributed by atoms with Gasteiger partial charge in [-0.3, -0.25) is 5.10 Å². The molecule has 1 N–H and O–H groups in total. The molecule has 4 heterocycles. The van der Waals surface area contributed by atoms with Crippen LogP contribution < -0.4 is 4.90 Å². The number of aromatic amines is 1. The summed E-state index contributed by atoms with van der Waals surface area (Å²) in [6, 6.07) is 0. The Morgan fingerprint density at radius 1 is 1.42 bits per heavy atom. The van der Waals surface area contributed by atoms with Gasteiger partial charge in [0.25, 0.3) is 0 Å². The highest BCUT2D eigenvalue weighted by Gasteiger charge is 2.27. The van der Waals surface area contributed by atoms with E-state index in [0.29, 0.717) is 19.0 Å². The third-order valence-electron chi connectivity index (χ3n) is 3.87. The topological polar surface area (TPSA) is 92.7 Å². The lowest BCUT2D eigenvalue weighted by Crippen LogP contribution is -2.39. The molecule has 1 unspecified atom stereocenters. The Labute approximate surface area is 147 Å². The van der Waals surface area contributed by atoms with Crippen LogP contribution >= 0.6 is 23.1 Å². The third kappa shape index (κ3) is 2.85. The van der Waals surface area contributed by atoms with E-state index in [1.165, 1.54) is 0 Å². The van der Waals surface area contributed by atoms with Gasteiger partial charge in [-0.2, -0.15) is 5.10 Å². The van der Waals surface area contributed by atoms with Gasteiger partial charge in [-0.05, 0) is 6.26 Å². The molecule has 1 aliphatic heterocycles. The highest BCUT2D eigenvalue weighted by Crippen LogP contribution is 2.34. The Hall–Kier alpha value is -1.78. The van der Waals surface area contributed by atoms with Gasteiger partial charge in [0.1, 0.15) is 23.0 Å². The molecule has 1 aliphatic rings. The van der Waals surface area contributed by atoms with E-state index in [0.717, 1.165) is 39.3 Å². The van der Waals surface area contributed by atoms with Crippen molar-refractivity contribution < 1.29 is 4.74 Å². The van der Waals surface area contributed by atoms with Crippen LogP contribution in [0, 0.1) is 0 Å². The molecule has 0 saturated carbocycles. The molecular weight excluding hydrogens is 346 g/mol. The van der Waals surface area contributed by atoms with Crippen LogP contribution in [0.3, 0.4) is 0 Å². The number of aryl methyl sites for hydroxylation is 1. The average Bonchev–Trinajstić information content (AvgIpc) is 3.27. The van der Waals surface area contributed by atoms with Gasteiger partial charge < -0.3 is 9.64 Å². The molecule has 8 nitrogen and oxygen atoms in total. The van der Waals surface area contributed by atoms with Crippen molar-refractivity contribution in [3.05, 3.63) is 18.0 Å². The zero-order chi connectivity index (χ0) is 16.5. The minimum Gasteiger partial charge on any atom is -0.366 e. The highest BCUT2D eigenvalue weighted by molar-refractivity contribution is 8.00. The standard InChI is InChI=1S/C14H17N7OS2/c1-3-9-17-11(20-19-9)8-6-21(4-5-22-8)13-10-12(15-7-16-13)18-14(23-2)24-10/h7-8H,3-6H2,1-2H3,(H,17,19,20). The molecule has 0 aromatic carbocycles. The Balaban J connectivity index is 1.63. The first kappa shape index (κ1) is 15.7. The van der Waals surface area contributed by atoms with Crippen LogP contribution in [0.15, 0.2) is 10.7 Å². The van der Waals surface area contributed by atoms with E-state index in [2.05, 4.69) is 35.0 Å². The van der Waals surface area contributed by atoms with Gasteiger partial charge >= 0.3 is 0 Å². The number of anilines is 1. The van der Waals surface area contributed by atoms with Gasteiger partial charge in [0.2, 0.25) is 0 Å². The lowest BCUT2D eigenvalue weighted by atomic mass is 10.2. The van der Waals surface area contributed by atoms with Crippen molar-refractivity contribution in [3.8, 4) is 0 Å². The van der Waals surface area contributed by atoms with Gasteiger partial charge in [-0.25, -0.2) is 19.9 Å². The number of fused-ring (bicyclic) bond motifs is 1. The van der Waals surface area contributed by atoms with Crippen molar-refractivity contribution in [3.63, 3.8) is 0 Å². The smallest absolute Gasteiger partial charge is 0.181 e. The van der Waals surface area contributed by atoms with Crippen LogP contribution in [-0.2, 0) is 11.2 Å². The largest absolute Gasteiger partial charge is 0.366 e. The van der Waals surface area contributed by atoms with Crippen molar-refractivity contribution >= 4 is 39.3 Å². The molecular formula is C14H17N7OS2. The fourth-order valence-corrected chi connectivity index (χ4v) is 4.18. The van der Waals surface area contributed by atoms with Crippen LogP contribution in [0.2, 0.25) is 0 Å². The first-order chi connectivity index (χ1) is 11.8. The van der Waals surface area contributed by atoms with Crippen LogP contribution in [0.1, 0.15) is 24.7 Å². The summed E-state index contributed by atoms with van der Waals surface area (Å²) in [6.45, 7) is 4.10. The van der Waals surface area contributed by atoms with E-state index in [1.807, 2.05) is 13.2 Å². The lowest BCUT2D eigenvalue weighted by molar-refractivity contribution is 0.0341. The van der Waals surface area contributed by atoms with Crippen LogP contribution in [0.5, 0.6) is 0 Å². The fraction of sp³-hybridized carbons (Fsp3) is 0.500. The highest BCUT2D eigenvalue weighted by atomic mass is 32.2. The van der Waals surface area contributed by atoms with Crippen molar-refractivity contribution in [2.24, 2.45) is 0 Å². The maximum atomic E-state index is 5.87. The number of thioether (sulfide) groups is 1. The summed E-state index contributed by atoms with van der Waals surface area (Å²) in [5.41, 5.74) is 0.753. The SMILES string of the molecule is CCc1nc(C2CN(c3ncnc4nc(SC)sc34)CCO2)n[nH]1. The molecule has 0 bridgehead atoms. The van der Waals surface area contributed by atoms with Crippen LogP contribution in [-0.4, -0.2) is 56.1 Å². The third-order valence-corrected chi connectivity index (χ3v) is 5.89. The van der Waals surface area contributed by atoms with Crippen molar-refractivity contribution in [2.45, 2.75) is 23.8 Å². The van der Waals surface area contributed by atoms with Crippen molar-refractivity contribution in [2.75, 3.05) is 30.9 Å². The normalized spacial score (nSPS) is 18.4. The van der Waals surface area contributed by atoms with E-state index in [9.17, 15) is 0 Å². The average molecular weight is 363 g/mol. The number of nitrogens with one attached hydrogen (secondary N) is 1. The second kappa shape index (κ2) is 6.61. The van der Waals surface area contributed by atoms with Crippen molar-refractivity contribution in [1.82, 2.24) is 30.1 Å². The Bertz CT molecular complexity index is 849. The molecule has 3 aromatic rings. The number of thiazole rings is 1. The summed E-state index contributed by atoms with van der Waals surface area (Å²) >= 11 is 3.25. The van der Waals surface area contributed by atoms with Gasteiger partial charge in [0, 0.05) is 13.0 Å². The summed E-state index contributed by atoms with van der Waals surface area (Å²) in [6.07, 6.45) is 4.26. The second-order valence-electron chi connectivity index (χ2n) is 5.33. The Morgan fingerprint density at radius 2 is 2.33 bits per heavy atom. The Kier molecular flexibility index (Phi) is 4.33. The zero-order valence-electron chi connectivity index (χ0n) is 13.4. The minimum atomic E-state index is -0.159. The Morgan fingerprint density at radius 3 is 3.12 bits per heavy atom. The first-order valence-corrected chi connectivity index (χ1v) is 9.76. The number of aromatic nitrogens is 6. The molecule has 4 rings (SSSR count). The van der Waals surface area contributed by atoms with E-state index < -0.39 is 0 Å².